The van der Waals surface area contributed by atoms with Gasteiger partial charge in [-0.1, -0.05) is 0 Å². The number of nitriles is 1. The monoisotopic (exact) mass is 282 g/mol. The zero-order chi connectivity index (χ0) is 15.1. The lowest BCUT2D eigenvalue weighted by molar-refractivity contribution is 0.168. The van der Waals surface area contributed by atoms with Crippen molar-refractivity contribution in [3.05, 3.63) is 48.2 Å². The summed E-state index contributed by atoms with van der Waals surface area (Å²) in [7, 11) is 0. The molecule has 0 saturated heterocycles. The van der Waals surface area contributed by atoms with Crippen LogP contribution in [0.15, 0.2) is 42.6 Å². The van der Waals surface area contributed by atoms with Gasteiger partial charge in [-0.25, -0.2) is 9.78 Å². The van der Waals surface area contributed by atoms with E-state index in [1.165, 1.54) is 0 Å². The number of rotatable bonds is 4. The number of nitrogens with zero attached hydrogens (tertiary/aromatic N) is 2. The van der Waals surface area contributed by atoms with Gasteiger partial charge in [0.1, 0.15) is 5.82 Å². The van der Waals surface area contributed by atoms with E-state index in [0.29, 0.717) is 18.0 Å². The van der Waals surface area contributed by atoms with Crippen LogP contribution >= 0.6 is 0 Å². The summed E-state index contributed by atoms with van der Waals surface area (Å²) in [5.74, 6) is 0.416. The maximum absolute atomic E-state index is 11.2. The number of hydrogen-bond donors (Lipinski definition) is 2. The van der Waals surface area contributed by atoms with Crippen LogP contribution in [0.5, 0.6) is 0 Å². The topological polar surface area (TPSA) is 87.0 Å². The molecule has 0 bridgehead atoms. The fraction of sp³-hybridized carbons (Fsp3) is 0.133. The minimum atomic E-state index is -0.530. The van der Waals surface area contributed by atoms with Crippen LogP contribution < -0.4 is 10.6 Å². The molecule has 1 aromatic carbocycles. The Balaban J connectivity index is 1.98. The molecule has 0 radical (unpaired) electrons. The molecule has 0 aliphatic rings. The average molecular weight is 282 g/mol. The minimum absolute atomic E-state index is 0.310. The van der Waals surface area contributed by atoms with Crippen molar-refractivity contribution in [2.75, 3.05) is 17.2 Å². The van der Waals surface area contributed by atoms with Gasteiger partial charge in [-0.05, 0) is 43.3 Å². The van der Waals surface area contributed by atoms with E-state index in [0.717, 1.165) is 11.4 Å². The van der Waals surface area contributed by atoms with E-state index in [1.54, 1.807) is 37.4 Å². The zero-order valence-electron chi connectivity index (χ0n) is 11.5. The van der Waals surface area contributed by atoms with Crippen LogP contribution in [0.2, 0.25) is 0 Å². The summed E-state index contributed by atoms with van der Waals surface area (Å²) in [6.45, 7) is 2.04. The Morgan fingerprint density at radius 3 is 2.52 bits per heavy atom. The molecule has 0 aliphatic heterocycles. The molecule has 2 rings (SSSR count). The molecule has 0 saturated carbocycles. The van der Waals surface area contributed by atoms with Gasteiger partial charge < -0.3 is 10.1 Å². The molecule has 1 amide bonds. The fourth-order valence-electron chi connectivity index (χ4n) is 1.61. The van der Waals surface area contributed by atoms with Gasteiger partial charge in [0.15, 0.2) is 0 Å². The molecule has 6 heteroatoms. The SMILES string of the molecule is CCOC(=O)Nc1ccc(Nc2ccc(C#N)cc2)cn1. The van der Waals surface area contributed by atoms with Crippen LogP contribution in [-0.2, 0) is 4.74 Å². The van der Waals surface area contributed by atoms with Gasteiger partial charge >= 0.3 is 6.09 Å². The first-order valence-corrected chi connectivity index (χ1v) is 6.38. The molecule has 106 valence electrons. The van der Waals surface area contributed by atoms with Crippen molar-refractivity contribution in [2.24, 2.45) is 0 Å². The highest BCUT2D eigenvalue weighted by Gasteiger charge is 2.03. The molecule has 0 spiro atoms. The van der Waals surface area contributed by atoms with Crippen molar-refractivity contribution >= 4 is 23.3 Å². The van der Waals surface area contributed by atoms with Crippen LogP contribution in [-0.4, -0.2) is 17.7 Å². The highest BCUT2D eigenvalue weighted by molar-refractivity contribution is 5.83. The van der Waals surface area contributed by atoms with Gasteiger partial charge in [0.05, 0.1) is 30.1 Å². The van der Waals surface area contributed by atoms with Crippen LogP contribution in [0.25, 0.3) is 0 Å². The van der Waals surface area contributed by atoms with Gasteiger partial charge in [-0.15, -0.1) is 0 Å². The van der Waals surface area contributed by atoms with Crippen LogP contribution in [0.3, 0.4) is 0 Å². The Morgan fingerprint density at radius 1 is 1.24 bits per heavy atom. The van der Waals surface area contributed by atoms with E-state index >= 15 is 0 Å². The first kappa shape index (κ1) is 14.3. The van der Waals surface area contributed by atoms with Gasteiger partial charge in [0.2, 0.25) is 0 Å². The number of hydrogen-bond acceptors (Lipinski definition) is 5. The van der Waals surface area contributed by atoms with E-state index in [4.69, 9.17) is 10.00 Å². The Morgan fingerprint density at radius 2 is 1.95 bits per heavy atom. The molecule has 2 N–H and O–H groups in total. The van der Waals surface area contributed by atoms with Crippen LogP contribution in [0, 0.1) is 11.3 Å². The smallest absolute Gasteiger partial charge is 0.412 e. The lowest BCUT2D eigenvalue weighted by Gasteiger charge is -2.08. The summed E-state index contributed by atoms with van der Waals surface area (Å²) in [4.78, 5) is 15.3. The number of carbonyl (C=O) groups is 1. The third-order valence-corrected chi connectivity index (χ3v) is 2.57. The van der Waals surface area contributed by atoms with Crippen LogP contribution in [0.1, 0.15) is 12.5 Å². The number of aromatic nitrogens is 1. The summed E-state index contributed by atoms with van der Waals surface area (Å²) < 4.78 is 4.76. The van der Waals surface area contributed by atoms with Crippen molar-refractivity contribution in [2.45, 2.75) is 6.92 Å². The molecular weight excluding hydrogens is 268 g/mol. The van der Waals surface area contributed by atoms with Gasteiger partial charge in [-0.2, -0.15) is 5.26 Å². The molecule has 1 aromatic heterocycles. The Bertz CT molecular complexity index is 645. The van der Waals surface area contributed by atoms with Crippen molar-refractivity contribution in [1.29, 1.82) is 5.26 Å². The molecule has 0 fully saturated rings. The maximum atomic E-state index is 11.2. The van der Waals surface area contributed by atoms with E-state index < -0.39 is 6.09 Å². The molecule has 0 unspecified atom stereocenters. The lowest BCUT2D eigenvalue weighted by Crippen LogP contribution is -2.14. The molecule has 2 aromatic rings. The normalized spacial score (nSPS) is 9.52. The highest BCUT2D eigenvalue weighted by Crippen LogP contribution is 2.17. The average Bonchev–Trinajstić information content (AvgIpc) is 2.50. The zero-order valence-corrected chi connectivity index (χ0v) is 11.5. The Labute approximate surface area is 122 Å². The molecule has 1 heterocycles. The van der Waals surface area contributed by atoms with Gasteiger partial charge in [-0.3, -0.25) is 5.32 Å². The number of pyridine rings is 1. The summed E-state index contributed by atoms with van der Waals surface area (Å²) >= 11 is 0. The Kier molecular flexibility index (Phi) is 4.72. The predicted octanol–water partition coefficient (Wildman–Crippen LogP) is 3.27. The minimum Gasteiger partial charge on any atom is -0.450 e. The number of nitrogens with one attached hydrogen (secondary N) is 2. The third kappa shape index (κ3) is 4.21. The molecule has 6 nitrogen and oxygen atoms in total. The van der Waals surface area contributed by atoms with Crippen molar-refractivity contribution < 1.29 is 9.53 Å². The predicted molar refractivity (Wildman–Crippen MR) is 79.3 cm³/mol. The second kappa shape index (κ2) is 6.91. The van der Waals surface area contributed by atoms with Gasteiger partial charge in [0, 0.05) is 5.69 Å². The molecular formula is C15H14N4O2. The van der Waals surface area contributed by atoms with Crippen molar-refractivity contribution in [3.8, 4) is 6.07 Å². The number of benzene rings is 1. The third-order valence-electron chi connectivity index (χ3n) is 2.57. The van der Waals surface area contributed by atoms with Gasteiger partial charge in [0.25, 0.3) is 0 Å². The molecule has 21 heavy (non-hydrogen) atoms. The first-order valence-electron chi connectivity index (χ1n) is 6.38. The number of carbonyl (C=O) groups excluding carboxylic acids is 1. The number of amides is 1. The second-order valence-corrected chi connectivity index (χ2v) is 4.09. The Hall–Kier alpha value is -3.07. The van der Waals surface area contributed by atoms with E-state index in [2.05, 4.69) is 21.7 Å². The van der Waals surface area contributed by atoms with Crippen LogP contribution in [0.4, 0.5) is 22.0 Å². The second-order valence-electron chi connectivity index (χ2n) is 4.09. The lowest BCUT2D eigenvalue weighted by atomic mass is 10.2. The first-order chi connectivity index (χ1) is 10.2. The summed E-state index contributed by atoms with van der Waals surface area (Å²) in [6.07, 6.45) is 1.07. The largest absolute Gasteiger partial charge is 0.450 e. The molecule has 0 atom stereocenters. The van der Waals surface area contributed by atoms with E-state index in [-0.39, 0.29) is 0 Å². The van der Waals surface area contributed by atoms with Crippen molar-refractivity contribution in [3.63, 3.8) is 0 Å². The fourth-order valence-corrected chi connectivity index (χ4v) is 1.61. The number of ether oxygens (including phenoxy) is 1. The standard InChI is InChI=1S/C15H14N4O2/c1-2-21-15(20)19-14-8-7-13(10-17-14)18-12-5-3-11(9-16)4-6-12/h3-8,10,18H,2H2,1H3,(H,17,19,20). The van der Waals surface area contributed by atoms with E-state index in [1.807, 2.05) is 12.1 Å². The number of anilines is 3. The summed E-state index contributed by atoms with van der Waals surface area (Å²) in [5.41, 5.74) is 2.23. The quantitative estimate of drug-likeness (QED) is 0.898. The summed E-state index contributed by atoms with van der Waals surface area (Å²) in [6, 6.07) is 12.6. The van der Waals surface area contributed by atoms with Crippen molar-refractivity contribution in [1.82, 2.24) is 4.98 Å². The summed E-state index contributed by atoms with van der Waals surface area (Å²) in [5, 5.41) is 14.4. The maximum Gasteiger partial charge on any atom is 0.412 e. The van der Waals surface area contributed by atoms with E-state index in [9.17, 15) is 4.79 Å². The highest BCUT2D eigenvalue weighted by atomic mass is 16.5. The molecule has 0 aliphatic carbocycles.